The lowest BCUT2D eigenvalue weighted by molar-refractivity contribution is 0.0695. The molecule has 0 bridgehead atoms. The lowest BCUT2D eigenvalue weighted by atomic mass is 10.1. The van der Waals surface area contributed by atoms with Gasteiger partial charge < -0.3 is 14.4 Å². The predicted molar refractivity (Wildman–Crippen MR) is 76.7 cm³/mol. The van der Waals surface area contributed by atoms with Crippen LogP contribution in [0.3, 0.4) is 0 Å². The second-order valence-electron chi connectivity index (χ2n) is 4.68. The van der Waals surface area contributed by atoms with E-state index in [0.717, 1.165) is 5.52 Å². The minimum atomic E-state index is -0.984. The molecule has 0 spiro atoms. The van der Waals surface area contributed by atoms with Gasteiger partial charge in [0.15, 0.2) is 5.52 Å². The van der Waals surface area contributed by atoms with Gasteiger partial charge in [-0.1, -0.05) is 6.07 Å². The zero-order chi connectivity index (χ0) is 15.0. The molecule has 21 heavy (non-hydrogen) atoms. The number of aromatic carboxylic acids is 1. The van der Waals surface area contributed by atoms with Crippen LogP contribution in [-0.2, 0) is 7.05 Å². The van der Waals surface area contributed by atoms with Gasteiger partial charge in [-0.2, -0.15) is 0 Å². The Balaban J connectivity index is 2.07. The first-order valence-corrected chi connectivity index (χ1v) is 6.34. The van der Waals surface area contributed by atoms with Crippen molar-refractivity contribution in [3.8, 4) is 11.6 Å². The number of pyridine rings is 1. The molecule has 0 saturated carbocycles. The summed E-state index contributed by atoms with van der Waals surface area (Å²) in [6.07, 6.45) is 3.31. The maximum Gasteiger partial charge on any atom is 0.336 e. The first-order chi connectivity index (χ1) is 10.1. The van der Waals surface area contributed by atoms with Crippen LogP contribution in [0.4, 0.5) is 0 Å². The summed E-state index contributed by atoms with van der Waals surface area (Å²) in [4.78, 5) is 19.6. The summed E-state index contributed by atoms with van der Waals surface area (Å²) in [5, 5.41) is 9.14. The summed E-state index contributed by atoms with van der Waals surface area (Å²) in [6, 6.07) is 6.74. The molecular weight excluding hydrogens is 270 g/mol. The van der Waals surface area contributed by atoms with E-state index in [-0.39, 0.29) is 5.56 Å². The number of rotatable bonds is 3. The molecule has 0 amide bonds. The van der Waals surface area contributed by atoms with Crippen molar-refractivity contribution in [2.24, 2.45) is 7.05 Å². The number of carboxylic acids is 1. The molecule has 0 aliphatic heterocycles. The zero-order valence-electron chi connectivity index (χ0n) is 11.6. The highest BCUT2D eigenvalue weighted by molar-refractivity contribution is 5.90. The Bertz CT molecular complexity index is 839. The van der Waals surface area contributed by atoms with Crippen molar-refractivity contribution in [2.45, 2.75) is 6.92 Å². The number of nitrogens with zero attached hydrogens (tertiary/aromatic N) is 3. The number of hydrogen-bond donors (Lipinski definition) is 1. The molecule has 0 aliphatic carbocycles. The molecule has 6 heteroatoms. The second-order valence-corrected chi connectivity index (χ2v) is 4.68. The van der Waals surface area contributed by atoms with Gasteiger partial charge in [0.05, 0.1) is 17.4 Å². The van der Waals surface area contributed by atoms with E-state index in [1.165, 1.54) is 0 Å². The Labute approximate surface area is 120 Å². The largest absolute Gasteiger partial charge is 0.478 e. The number of hydrogen-bond acceptors (Lipinski definition) is 4. The van der Waals surface area contributed by atoms with Gasteiger partial charge in [-0.3, -0.25) is 0 Å². The van der Waals surface area contributed by atoms with Crippen molar-refractivity contribution >= 4 is 17.0 Å². The second kappa shape index (κ2) is 4.90. The molecule has 1 aromatic carbocycles. The monoisotopic (exact) mass is 283 g/mol. The van der Waals surface area contributed by atoms with Crippen LogP contribution in [0.1, 0.15) is 15.9 Å². The number of imidazole rings is 1. The Kier molecular flexibility index (Phi) is 3.06. The molecule has 3 aromatic rings. The molecule has 0 saturated heterocycles. The smallest absolute Gasteiger partial charge is 0.336 e. The number of carboxylic acid groups (broad SMARTS) is 1. The Morgan fingerprint density at radius 3 is 2.86 bits per heavy atom. The molecule has 3 rings (SSSR count). The van der Waals surface area contributed by atoms with Gasteiger partial charge in [-0.25, -0.2) is 14.8 Å². The summed E-state index contributed by atoms with van der Waals surface area (Å²) in [6.45, 7) is 1.71. The van der Waals surface area contributed by atoms with E-state index < -0.39 is 5.97 Å². The predicted octanol–water partition coefficient (Wildman–Crippen LogP) is 2.77. The number of aryl methyl sites for hydroxylation is 1. The molecule has 2 aromatic heterocycles. The molecule has 0 fully saturated rings. The lowest BCUT2D eigenvalue weighted by Gasteiger charge is -2.10. The van der Waals surface area contributed by atoms with Crippen LogP contribution in [0.2, 0.25) is 0 Å². The van der Waals surface area contributed by atoms with Gasteiger partial charge in [-0.05, 0) is 25.1 Å². The maximum absolute atomic E-state index is 11.2. The van der Waals surface area contributed by atoms with Gasteiger partial charge in [0.2, 0.25) is 5.88 Å². The van der Waals surface area contributed by atoms with Crippen molar-refractivity contribution in [3.63, 3.8) is 0 Å². The minimum absolute atomic E-state index is 0.209. The fourth-order valence-electron chi connectivity index (χ4n) is 2.17. The standard InChI is InChI=1S/C15H13N3O3/c1-9-10(15(19)20)4-3-5-12(9)21-14-13-11(6-7-16-14)18(2)8-17-13/h3-8H,1-2H3,(H,19,20). The lowest BCUT2D eigenvalue weighted by Crippen LogP contribution is -2.01. The average Bonchev–Trinajstić information content (AvgIpc) is 2.84. The summed E-state index contributed by atoms with van der Waals surface area (Å²) in [5.74, 6) is -0.166. The molecule has 0 aliphatic rings. The molecule has 0 radical (unpaired) electrons. The molecule has 6 nitrogen and oxygen atoms in total. The number of fused-ring (bicyclic) bond motifs is 1. The van der Waals surface area contributed by atoms with Gasteiger partial charge in [-0.15, -0.1) is 0 Å². The van der Waals surface area contributed by atoms with Crippen LogP contribution >= 0.6 is 0 Å². The number of benzene rings is 1. The van der Waals surface area contributed by atoms with E-state index >= 15 is 0 Å². The van der Waals surface area contributed by atoms with Crippen molar-refractivity contribution in [2.75, 3.05) is 0 Å². The normalized spacial score (nSPS) is 10.8. The molecule has 1 N–H and O–H groups in total. The quantitative estimate of drug-likeness (QED) is 0.799. The van der Waals surface area contributed by atoms with E-state index in [2.05, 4.69) is 9.97 Å². The number of aromatic nitrogens is 3. The highest BCUT2D eigenvalue weighted by atomic mass is 16.5. The van der Waals surface area contributed by atoms with Gasteiger partial charge >= 0.3 is 5.97 Å². The third kappa shape index (κ3) is 2.20. The minimum Gasteiger partial charge on any atom is -0.478 e. The maximum atomic E-state index is 11.2. The van der Waals surface area contributed by atoms with Crippen molar-refractivity contribution in [1.82, 2.24) is 14.5 Å². The van der Waals surface area contributed by atoms with Gasteiger partial charge in [0, 0.05) is 18.8 Å². The van der Waals surface area contributed by atoms with Crippen LogP contribution in [-0.4, -0.2) is 25.6 Å². The molecule has 0 unspecified atom stereocenters. The highest BCUT2D eigenvalue weighted by Crippen LogP contribution is 2.29. The molecule has 0 atom stereocenters. The van der Waals surface area contributed by atoms with Gasteiger partial charge in [0.25, 0.3) is 0 Å². The molecule has 106 valence electrons. The summed E-state index contributed by atoms with van der Waals surface area (Å²) in [7, 11) is 1.88. The summed E-state index contributed by atoms with van der Waals surface area (Å²) in [5.41, 5.74) is 2.30. The third-order valence-electron chi connectivity index (χ3n) is 3.33. The number of carbonyl (C=O) groups is 1. The Morgan fingerprint density at radius 1 is 1.29 bits per heavy atom. The van der Waals surface area contributed by atoms with E-state index in [1.807, 2.05) is 17.7 Å². The Hall–Kier alpha value is -2.89. The van der Waals surface area contributed by atoms with Crippen LogP contribution < -0.4 is 4.74 Å². The average molecular weight is 283 g/mol. The van der Waals surface area contributed by atoms with Crippen LogP contribution in [0.15, 0.2) is 36.8 Å². The summed E-state index contributed by atoms with van der Waals surface area (Å²) < 4.78 is 7.64. The highest BCUT2D eigenvalue weighted by Gasteiger charge is 2.14. The van der Waals surface area contributed by atoms with Crippen molar-refractivity contribution in [1.29, 1.82) is 0 Å². The first-order valence-electron chi connectivity index (χ1n) is 6.34. The van der Waals surface area contributed by atoms with E-state index in [0.29, 0.717) is 22.7 Å². The van der Waals surface area contributed by atoms with E-state index in [1.54, 1.807) is 37.6 Å². The molecular formula is C15H13N3O3. The van der Waals surface area contributed by atoms with Crippen LogP contribution in [0, 0.1) is 6.92 Å². The fourth-order valence-corrected chi connectivity index (χ4v) is 2.17. The SMILES string of the molecule is Cc1c(Oc2nccc3c2ncn3C)cccc1C(=O)O. The van der Waals surface area contributed by atoms with Crippen LogP contribution in [0.25, 0.3) is 11.0 Å². The topological polar surface area (TPSA) is 77.2 Å². The van der Waals surface area contributed by atoms with E-state index in [9.17, 15) is 4.79 Å². The zero-order valence-corrected chi connectivity index (χ0v) is 11.6. The number of ether oxygens (including phenoxy) is 1. The first kappa shape index (κ1) is 13.1. The van der Waals surface area contributed by atoms with E-state index in [4.69, 9.17) is 9.84 Å². The Morgan fingerprint density at radius 2 is 2.10 bits per heavy atom. The summed E-state index contributed by atoms with van der Waals surface area (Å²) >= 11 is 0. The van der Waals surface area contributed by atoms with Gasteiger partial charge in [0.1, 0.15) is 5.75 Å². The van der Waals surface area contributed by atoms with Crippen molar-refractivity contribution in [3.05, 3.63) is 47.9 Å². The third-order valence-corrected chi connectivity index (χ3v) is 3.33. The fraction of sp³-hybridized carbons (Fsp3) is 0.133. The van der Waals surface area contributed by atoms with Crippen LogP contribution in [0.5, 0.6) is 11.6 Å². The van der Waals surface area contributed by atoms with Crippen molar-refractivity contribution < 1.29 is 14.6 Å². The molecule has 2 heterocycles.